The van der Waals surface area contributed by atoms with Gasteiger partial charge in [-0.3, -0.25) is 14.9 Å². The lowest BCUT2D eigenvalue weighted by Gasteiger charge is -2.09. The fraction of sp³-hybridized carbons (Fsp3) is 0. The van der Waals surface area contributed by atoms with Crippen LogP contribution in [0.2, 0.25) is 10.0 Å². The van der Waals surface area contributed by atoms with E-state index < -0.39 is 22.3 Å². The number of carbonyl (C=O) groups excluding carboxylic acids is 1. The van der Waals surface area contributed by atoms with E-state index in [9.17, 15) is 20.0 Å². The third-order valence-corrected chi connectivity index (χ3v) is 3.17. The highest BCUT2D eigenvalue weighted by Crippen LogP contribution is 2.34. The van der Waals surface area contributed by atoms with E-state index in [2.05, 4.69) is 5.32 Å². The van der Waals surface area contributed by atoms with E-state index in [0.717, 1.165) is 12.1 Å². The van der Waals surface area contributed by atoms with Gasteiger partial charge in [0.05, 0.1) is 21.2 Å². The summed E-state index contributed by atoms with van der Waals surface area (Å²) in [6, 6.07) is 8.55. The van der Waals surface area contributed by atoms with Gasteiger partial charge in [-0.05, 0) is 18.2 Å². The molecule has 0 aliphatic rings. The highest BCUT2D eigenvalue weighted by molar-refractivity contribution is 6.34. The van der Waals surface area contributed by atoms with E-state index in [-0.39, 0.29) is 10.6 Å². The average molecular weight is 327 g/mol. The second-order valence-corrected chi connectivity index (χ2v) is 4.86. The predicted molar refractivity (Wildman–Crippen MR) is 79.2 cm³/mol. The number of nitrogens with zero attached hydrogens (tertiary/aromatic N) is 1. The molecule has 2 aromatic rings. The van der Waals surface area contributed by atoms with Crippen LogP contribution in [0.15, 0.2) is 36.4 Å². The third-order valence-electron chi connectivity index (χ3n) is 2.62. The van der Waals surface area contributed by atoms with Gasteiger partial charge in [-0.2, -0.15) is 0 Å². The molecule has 0 unspecified atom stereocenters. The standard InChI is InChI=1S/C13H8Cl2N2O4/c14-7-5-8(12(18)11(6-7)17(20)21)13(19)16-10-4-2-1-3-9(10)15/h1-6,18H,(H,16,19). The van der Waals surface area contributed by atoms with Crippen LogP contribution in [0.4, 0.5) is 11.4 Å². The maximum atomic E-state index is 12.1. The van der Waals surface area contributed by atoms with Crippen molar-refractivity contribution in [2.45, 2.75) is 0 Å². The van der Waals surface area contributed by atoms with Crippen LogP contribution in [0.5, 0.6) is 5.75 Å². The number of anilines is 1. The number of aromatic hydroxyl groups is 1. The van der Waals surface area contributed by atoms with Crippen LogP contribution in [0.1, 0.15) is 10.4 Å². The van der Waals surface area contributed by atoms with Crippen LogP contribution in [0, 0.1) is 10.1 Å². The molecule has 1 amide bonds. The molecular formula is C13H8Cl2N2O4. The largest absolute Gasteiger partial charge is 0.502 e. The zero-order valence-corrected chi connectivity index (χ0v) is 11.9. The van der Waals surface area contributed by atoms with E-state index in [0.29, 0.717) is 10.7 Å². The van der Waals surface area contributed by atoms with Gasteiger partial charge in [0.15, 0.2) is 0 Å². The van der Waals surface area contributed by atoms with Gasteiger partial charge in [0.25, 0.3) is 5.91 Å². The number of nitro benzene ring substituents is 1. The van der Waals surface area contributed by atoms with Gasteiger partial charge in [0.2, 0.25) is 5.75 Å². The van der Waals surface area contributed by atoms with Gasteiger partial charge in [-0.25, -0.2) is 0 Å². The van der Waals surface area contributed by atoms with Gasteiger partial charge < -0.3 is 10.4 Å². The summed E-state index contributed by atoms with van der Waals surface area (Å²) in [7, 11) is 0. The van der Waals surface area contributed by atoms with Gasteiger partial charge in [0.1, 0.15) is 0 Å². The van der Waals surface area contributed by atoms with Crippen molar-refractivity contribution in [1.29, 1.82) is 0 Å². The number of para-hydroxylation sites is 1. The zero-order valence-electron chi connectivity index (χ0n) is 10.3. The maximum Gasteiger partial charge on any atom is 0.313 e. The summed E-state index contributed by atoms with van der Waals surface area (Å²) >= 11 is 11.6. The van der Waals surface area contributed by atoms with Crippen molar-refractivity contribution in [2.75, 3.05) is 5.32 Å². The van der Waals surface area contributed by atoms with E-state index in [4.69, 9.17) is 23.2 Å². The molecule has 0 bridgehead atoms. The van der Waals surface area contributed by atoms with E-state index in [1.807, 2.05) is 0 Å². The Kier molecular flexibility index (Phi) is 4.30. The smallest absolute Gasteiger partial charge is 0.313 e. The van der Waals surface area contributed by atoms with Crippen molar-refractivity contribution in [3.63, 3.8) is 0 Å². The number of rotatable bonds is 3. The predicted octanol–water partition coefficient (Wildman–Crippen LogP) is 3.86. The maximum absolute atomic E-state index is 12.1. The van der Waals surface area contributed by atoms with Crippen molar-refractivity contribution in [2.24, 2.45) is 0 Å². The fourth-order valence-electron chi connectivity index (χ4n) is 1.65. The molecule has 0 aliphatic heterocycles. The molecule has 0 spiro atoms. The number of halogens is 2. The summed E-state index contributed by atoms with van der Waals surface area (Å²) in [6.07, 6.45) is 0. The Balaban J connectivity index is 2.40. The summed E-state index contributed by atoms with van der Waals surface area (Å²) in [5.41, 5.74) is -0.646. The van der Waals surface area contributed by atoms with E-state index >= 15 is 0 Å². The third kappa shape index (κ3) is 3.24. The van der Waals surface area contributed by atoms with Gasteiger partial charge >= 0.3 is 5.69 Å². The van der Waals surface area contributed by atoms with E-state index in [1.165, 1.54) is 0 Å². The molecule has 21 heavy (non-hydrogen) atoms. The molecule has 2 aromatic carbocycles. The van der Waals surface area contributed by atoms with Gasteiger partial charge in [-0.1, -0.05) is 35.3 Å². The van der Waals surface area contributed by atoms with Crippen LogP contribution in [0.3, 0.4) is 0 Å². The van der Waals surface area contributed by atoms with Crippen molar-refractivity contribution in [1.82, 2.24) is 0 Å². The van der Waals surface area contributed by atoms with Crippen molar-refractivity contribution < 1.29 is 14.8 Å². The molecule has 8 heteroatoms. The lowest BCUT2D eigenvalue weighted by molar-refractivity contribution is -0.385. The van der Waals surface area contributed by atoms with Crippen LogP contribution in [0.25, 0.3) is 0 Å². The highest BCUT2D eigenvalue weighted by Gasteiger charge is 2.23. The minimum Gasteiger partial charge on any atom is -0.502 e. The normalized spacial score (nSPS) is 10.2. The Bertz CT molecular complexity index is 734. The first-order valence-electron chi connectivity index (χ1n) is 5.63. The number of amides is 1. The molecule has 0 heterocycles. The number of nitro groups is 1. The lowest BCUT2D eigenvalue weighted by Crippen LogP contribution is -2.13. The molecule has 6 nitrogen and oxygen atoms in total. The second-order valence-electron chi connectivity index (χ2n) is 4.01. The number of hydrogen-bond acceptors (Lipinski definition) is 4. The fourth-order valence-corrected chi connectivity index (χ4v) is 2.04. The lowest BCUT2D eigenvalue weighted by atomic mass is 10.1. The van der Waals surface area contributed by atoms with Crippen molar-refractivity contribution >= 4 is 40.5 Å². The molecule has 0 fully saturated rings. The minimum atomic E-state index is -0.826. The zero-order chi connectivity index (χ0) is 15.6. The van der Waals surface area contributed by atoms with E-state index in [1.54, 1.807) is 24.3 Å². The number of carbonyl (C=O) groups is 1. The first-order valence-corrected chi connectivity index (χ1v) is 6.38. The second kappa shape index (κ2) is 5.99. The molecule has 0 aromatic heterocycles. The molecule has 2 rings (SSSR count). The summed E-state index contributed by atoms with van der Waals surface area (Å²) in [6.45, 7) is 0. The Hall–Kier alpha value is -2.31. The highest BCUT2D eigenvalue weighted by atomic mass is 35.5. The van der Waals surface area contributed by atoms with Crippen LogP contribution >= 0.6 is 23.2 Å². The quantitative estimate of drug-likeness (QED) is 0.661. The van der Waals surface area contributed by atoms with Crippen LogP contribution in [-0.2, 0) is 0 Å². The van der Waals surface area contributed by atoms with Crippen molar-refractivity contribution in [3.8, 4) is 5.75 Å². The first-order chi connectivity index (χ1) is 9.90. The molecule has 0 aliphatic carbocycles. The average Bonchev–Trinajstić information content (AvgIpc) is 2.43. The summed E-state index contributed by atoms with van der Waals surface area (Å²) in [5.74, 6) is -1.51. The molecule has 0 saturated carbocycles. The molecular weight excluding hydrogens is 319 g/mol. The number of phenols is 1. The topological polar surface area (TPSA) is 92.5 Å². The molecule has 108 valence electrons. The van der Waals surface area contributed by atoms with Crippen LogP contribution < -0.4 is 5.32 Å². The summed E-state index contributed by atoms with van der Waals surface area (Å²) in [4.78, 5) is 22.1. The van der Waals surface area contributed by atoms with Crippen molar-refractivity contribution in [3.05, 3.63) is 62.1 Å². The first kappa shape index (κ1) is 15.1. The summed E-state index contributed by atoms with van der Waals surface area (Å²) in [5, 5.41) is 23.3. The molecule has 0 saturated heterocycles. The SMILES string of the molecule is O=C(Nc1ccccc1Cl)c1cc(Cl)cc([N+](=O)[O-])c1O. The summed E-state index contributed by atoms with van der Waals surface area (Å²) < 4.78 is 0. The monoisotopic (exact) mass is 326 g/mol. The Morgan fingerprint density at radius 1 is 1.24 bits per heavy atom. The Morgan fingerprint density at radius 2 is 1.90 bits per heavy atom. The minimum absolute atomic E-state index is 0.0381. The molecule has 0 atom stereocenters. The Labute approximate surface area is 129 Å². The number of phenolic OH excluding ortho intramolecular Hbond substituents is 1. The number of benzene rings is 2. The van der Waals surface area contributed by atoms with Gasteiger partial charge in [0, 0.05) is 11.1 Å². The molecule has 2 N–H and O–H groups in total. The molecule has 0 radical (unpaired) electrons. The van der Waals surface area contributed by atoms with Gasteiger partial charge in [-0.15, -0.1) is 0 Å². The number of nitrogens with one attached hydrogen (secondary N) is 1. The number of hydrogen-bond donors (Lipinski definition) is 2. The Morgan fingerprint density at radius 3 is 2.52 bits per heavy atom. The van der Waals surface area contributed by atoms with Crippen LogP contribution in [-0.4, -0.2) is 15.9 Å².